The number of benzene rings is 1. The highest BCUT2D eigenvalue weighted by Gasteiger charge is 2.21. The minimum Gasteiger partial charge on any atom is -0.382 e. The van der Waals surface area contributed by atoms with Crippen LogP contribution in [0.3, 0.4) is 0 Å². The number of ether oxygens (including phenoxy) is 1. The highest BCUT2D eigenvalue weighted by Crippen LogP contribution is 2.29. The number of aliphatic imine (C=N–C) groups is 1. The lowest BCUT2D eigenvalue weighted by atomic mass is 10.2. The van der Waals surface area contributed by atoms with Gasteiger partial charge in [-0.15, -0.1) is 0 Å². The molecular formula is C22H22N8O. The normalized spacial score (nSPS) is 14.5. The first-order valence-electron chi connectivity index (χ1n) is 10.1. The van der Waals surface area contributed by atoms with Gasteiger partial charge in [0.2, 0.25) is 11.9 Å². The summed E-state index contributed by atoms with van der Waals surface area (Å²) in [7, 11) is 0. The monoisotopic (exact) mass is 414 g/mol. The molecule has 1 aromatic carbocycles. The molecule has 1 aliphatic rings. The number of nitrogens with two attached hydrogens (primary N) is 1. The van der Waals surface area contributed by atoms with E-state index in [1.807, 2.05) is 47.9 Å². The van der Waals surface area contributed by atoms with Gasteiger partial charge in [0.15, 0.2) is 17.0 Å². The Balaban J connectivity index is 1.66. The van der Waals surface area contributed by atoms with Crippen LogP contribution in [0.4, 0.5) is 17.7 Å². The summed E-state index contributed by atoms with van der Waals surface area (Å²) in [5.74, 6) is 1.97. The Morgan fingerprint density at radius 1 is 1.06 bits per heavy atom. The highest BCUT2D eigenvalue weighted by molar-refractivity contribution is 5.88. The summed E-state index contributed by atoms with van der Waals surface area (Å²) in [6.07, 6.45) is 3.50. The van der Waals surface area contributed by atoms with Gasteiger partial charge in [-0.05, 0) is 24.6 Å². The molecule has 5 rings (SSSR count). The lowest BCUT2D eigenvalue weighted by Crippen LogP contribution is -2.37. The molecule has 0 unspecified atom stereocenters. The Kier molecular flexibility index (Phi) is 5.01. The molecule has 1 fully saturated rings. The van der Waals surface area contributed by atoms with E-state index in [0.717, 1.165) is 11.1 Å². The predicted molar refractivity (Wildman–Crippen MR) is 120 cm³/mol. The zero-order chi connectivity index (χ0) is 21.2. The van der Waals surface area contributed by atoms with Gasteiger partial charge in [0.25, 0.3) is 0 Å². The van der Waals surface area contributed by atoms with Crippen LogP contribution in [0.15, 0.2) is 53.7 Å². The fourth-order valence-electron chi connectivity index (χ4n) is 3.53. The minimum atomic E-state index is 0.313. The van der Waals surface area contributed by atoms with Gasteiger partial charge in [-0.1, -0.05) is 35.9 Å². The topological polar surface area (TPSA) is 107 Å². The molecule has 1 saturated heterocycles. The van der Waals surface area contributed by atoms with E-state index in [0.29, 0.717) is 61.0 Å². The molecule has 9 heteroatoms. The first kappa shape index (κ1) is 19.1. The number of morpholine rings is 1. The Morgan fingerprint density at radius 2 is 1.94 bits per heavy atom. The van der Waals surface area contributed by atoms with Gasteiger partial charge < -0.3 is 15.4 Å². The molecule has 1 aliphatic heterocycles. The first-order chi connectivity index (χ1) is 15.2. The third kappa shape index (κ3) is 3.82. The Bertz CT molecular complexity index is 1250. The van der Waals surface area contributed by atoms with Crippen molar-refractivity contribution >= 4 is 35.1 Å². The van der Waals surface area contributed by atoms with Gasteiger partial charge in [0, 0.05) is 25.5 Å². The van der Waals surface area contributed by atoms with E-state index in [1.54, 1.807) is 12.4 Å². The van der Waals surface area contributed by atoms with Crippen LogP contribution in [0.5, 0.6) is 0 Å². The lowest BCUT2D eigenvalue weighted by Gasteiger charge is -2.26. The van der Waals surface area contributed by atoms with Gasteiger partial charge in [-0.2, -0.15) is 9.97 Å². The molecule has 31 heavy (non-hydrogen) atoms. The Morgan fingerprint density at radius 3 is 2.71 bits per heavy atom. The summed E-state index contributed by atoms with van der Waals surface area (Å²) in [6, 6.07) is 13.8. The summed E-state index contributed by atoms with van der Waals surface area (Å²) in [6.45, 7) is 4.73. The number of imidazole rings is 1. The summed E-state index contributed by atoms with van der Waals surface area (Å²) >= 11 is 0. The largest absolute Gasteiger partial charge is 0.382 e. The molecule has 4 aromatic rings. The van der Waals surface area contributed by atoms with Crippen molar-refractivity contribution in [2.24, 2.45) is 4.99 Å². The number of fused-ring (bicyclic) bond motifs is 1. The molecular weight excluding hydrogens is 392 g/mol. The second kappa shape index (κ2) is 8.11. The van der Waals surface area contributed by atoms with Crippen molar-refractivity contribution in [3.05, 3.63) is 59.8 Å². The minimum absolute atomic E-state index is 0.313. The van der Waals surface area contributed by atoms with E-state index in [2.05, 4.69) is 30.9 Å². The SMILES string of the molecule is Cc1cccc(/C=N/c2nc3c(N)nc(N4CCOCC4)nc3n2-c2ccccn2)c1. The standard InChI is InChI=1S/C22H22N8O/c1-15-5-4-6-16(13-15)14-25-21-26-18-19(23)27-22(29-9-11-31-12-10-29)28-20(18)30(21)17-7-2-3-8-24-17/h2-8,13-14H,9-12H2,1H3,(H2,23,27,28)/b25-14+. The number of hydrogen-bond acceptors (Lipinski definition) is 8. The average molecular weight is 414 g/mol. The number of pyridine rings is 1. The molecule has 0 atom stereocenters. The van der Waals surface area contributed by atoms with Crippen LogP contribution >= 0.6 is 0 Å². The van der Waals surface area contributed by atoms with Crippen molar-refractivity contribution in [2.45, 2.75) is 6.92 Å². The van der Waals surface area contributed by atoms with Crippen LogP contribution in [-0.2, 0) is 4.74 Å². The maximum Gasteiger partial charge on any atom is 0.237 e. The van der Waals surface area contributed by atoms with Gasteiger partial charge in [-0.3, -0.25) is 0 Å². The molecule has 0 spiro atoms. The smallest absolute Gasteiger partial charge is 0.237 e. The average Bonchev–Trinajstić information content (AvgIpc) is 3.18. The predicted octanol–water partition coefficient (Wildman–Crippen LogP) is 2.69. The van der Waals surface area contributed by atoms with E-state index < -0.39 is 0 Å². The Hall–Kier alpha value is -3.85. The van der Waals surface area contributed by atoms with Gasteiger partial charge in [-0.25, -0.2) is 19.5 Å². The van der Waals surface area contributed by atoms with E-state index in [4.69, 9.17) is 15.5 Å². The molecule has 0 aliphatic carbocycles. The molecule has 2 N–H and O–H groups in total. The zero-order valence-electron chi connectivity index (χ0n) is 17.1. The second-order valence-corrected chi connectivity index (χ2v) is 7.29. The number of anilines is 2. The van der Waals surface area contributed by atoms with Crippen molar-refractivity contribution in [1.29, 1.82) is 0 Å². The summed E-state index contributed by atoms with van der Waals surface area (Å²) in [4.78, 5) is 25.1. The molecule has 0 amide bonds. The van der Waals surface area contributed by atoms with Gasteiger partial charge in [0.1, 0.15) is 5.82 Å². The van der Waals surface area contributed by atoms with Crippen LogP contribution in [-0.4, -0.2) is 57.0 Å². The van der Waals surface area contributed by atoms with E-state index in [-0.39, 0.29) is 0 Å². The third-order valence-electron chi connectivity index (χ3n) is 5.05. The quantitative estimate of drug-likeness (QED) is 0.512. The second-order valence-electron chi connectivity index (χ2n) is 7.29. The lowest BCUT2D eigenvalue weighted by molar-refractivity contribution is 0.122. The van der Waals surface area contributed by atoms with Gasteiger partial charge in [0.05, 0.1) is 13.2 Å². The zero-order valence-corrected chi connectivity index (χ0v) is 17.1. The maximum absolute atomic E-state index is 6.29. The van der Waals surface area contributed by atoms with Gasteiger partial charge >= 0.3 is 0 Å². The van der Waals surface area contributed by atoms with Crippen molar-refractivity contribution < 1.29 is 4.74 Å². The fraction of sp³-hybridized carbons (Fsp3) is 0.227. The summed E-state index contributed by atoms with van der Waals surface area (Å²) in [5.41, 5.74) is 9.51. The van der Waals surface area contributed by atoms with Crippen molar-refractivity contribution in [3.63, 3.8) is 0 Å². The van der Waals surface area contributed by atoms with Crippen molar-refractivity contribution in [1.82, 2.24) is 24.5 Å². The fourth-order valence-corrected chi connectivity index (χ4v) is 3.53. The molecule has 9 nitrogen and oxygen atoms in total. The number of hydrogen-bond donors (Lipinski definition) is 1. The molecule has 156 valence electrons. The molecule has 4 heterocycles. The Labute approximate surface area is 179 Å². The van der Waals surface area contributed by atoms with Crippen LogP contribution in [0.25, 0.3) is 17.0 Å². The number of aromatic nitrogens is 5. The molecule has 0 bridgehead atoms. The number of nitrogens with zero attached hydrogens (tertiary/aromatic N) is 7. The first-order valence-corrected chi connectivity index (χ1v) is 10.1. The number of aryl methyl sites for hydroxylation is 1. The van der Waals surface area contributed by atoms with Crippen LogP contribution < -0.4 is 10.6 Å². The summed E-state index contributed by atoms with van der Waals surface area (Å²) < 4.78 is 7.25. The van der Waals surface area contributed by atoms with Crippen LogP contribution in [0.2, 0.25) is 0 Å². The van der Waals surface area contributed by atoms with Crippen LogP contribution in [0, 0.1) is 6.92 Å². The van der Waals surface area contributed by atoms with Crippen LogP contribution in [0.1, 0.15) is 11.1 Å². The van der Waals surface area contributed by atoms with E-state index >= 15 is 0 Å². The third-order valence-corrected chi connectivity index (χ3v) is 5.05. The van der Waals surface area contributed by atoms with Crippen molar-refractivity contribution in [3.8, 4) is 5.82 Å². The number of nitrogen functional groups attached to an aromatic ring is 1. The molecule has 0 radical (unpaired) electrons. The molecule has 0 saturated carbocycles. The van der Waals surface area contributed by atoms with Crippen molar-refractivity contribution in [2.75, 3.05) is 36.9 Å². The number of rotatable bonds is 4. The highest BCUT2D eigenvalue weighted by atomic mass is 16.5. The molecule has 3 aromatic heterocycles. The van der Waals surface area contributed by atoms with E-state index in [1.165, 1.54) is 0 Å². The van der Waals surface area contributed by atoms with E-state index in [9.17, 15) is 0 Å². The summed E-state index contributed by atoms with van der Waals surface area (Å²) in [5, 5.41) is 0. The maximum atomic E-state index is 6.29.